The van der Waals surface area contributed by atoms with Gasteiger partial charge in [-0.1, -0.05) is 49.4 Å². The van der Waals surface area contributed by atoms with Crippen LogP contribution in [0.1, 0.15) is 25.8 Å². The minimum Gasteiger partial charge on any atom is -0.272 e. The second-order valence-electron chi connectivity index (χ2n) is 5.64. The van der Waals surface area contributed by atoms with E-state index in [0.29, 0.717) is 23.4 Å². The van der Waals surface area contributed by atoms with Crippen molar-refractivity contribution >= 4 is 22.6 Å². The Hall–Kier alpha value is -2.95. The molecule has 1 aromatic heterocycles. The maximum atomic E-state index is 12.9. The van der Waals surface area contributed by atoms with Crippen molar-refractivity contribution in [3.05, 3.63) is 70.5 Å². The molecule has 5 nitrogen and oxygen atoms in total. The zero-order valence-electron chi connectivity index (χ0n) is 13.9. The van der Waals surface area contributed by atoms with Crippen LogP contribution in [-0.4, -0.2) is 15.3 Å². The van der Waals surface area contributed by atoms with Gasteiger partial charge in [0.15, 0.2) is 0 Å². The molecule has 0 fully saturated rings. The van der Waals surface area contributed by atoms with E-state index in [2.05, 4.69) is 15.5 Å². The van der Waals surface area contributed by atoms with E-state index in [9.17, 15) is 4.79 Å². The van der Waals surface area contributed by atoms with Crippen molar-refractivity contribution in [2.24, 2.45) is 5.10 Å². The summed E-state index contributed by atoms with van der Waals surface area (Å²) in [6.07, 6.45) is 0.837. The molecular weight excluding hydrogens is 300 g/mol. The first-order valence-corrected chi connectivity index (χ1v) is 8.01. The summed E-state index contributed by atoms with van der Waals surface area (Å²) in [6, 6.07) is 17.2. The van der Waals surface area contributed by atoms with Crippen LogP contribution in [-0.2, 0) is 6.54 Å². The normalized spacial score (nSPS) is 11.7. The van der Waals surface area contributed by atoms with Gasteiger partial charge in [-0.2, -0.15) is 5.10 Å². The molecule has 2 aromatic carbocycles. The largest absolute Gasteiger partial charge is 0.272 e. The van der Waals surface area contributed by atoms with E-state index in [1.165, 1.54) is 0 Å². The number of nitrogens with one attached hydrogen (secondary N) is 1. The maximum absolute atomic E-state index is 12.9. The highest BCUT2D eigenvalue weighted by Crippen LogP contribution is 2.13. The molecule has 0 aliphatic heterocycles. The van der Waals surface area contributed by atoms with E-state index in [-0.39, 0.29) is 5.56 Å². The van der Waals surface area contributed by atoms with Crippen LogP contribution in [0.3, 0.4) is 0 Å². The average molecular weight is 320 g/mol. The van der Waals surface area contributed by atoms with E-state index >= 15 is 0 Å². The Morgan fingerprint density at radius 3 is 2.58 bits per heavy atom. The number of hydrogen-bond acceptors (Lipinski definition) is 4. The highest BCUT2D eigenvalue weighted by molar-refractivity contribution is 5.82. The molecule has 3 rings (SSSR count). The van der Waals surface area contributed by atoms with Gasteiger partial charge in [0, 0.05) is 5.71 Å². The van der Waals surface area contributed by atoms with Gasteiger partial charge in [-0.3, -0.25) is 9.36 Å². The first-order valence-electron chi connectivity index (χ1n) is 8.01. The number of hydrogen-bond donors (Lipinski definition) is 1. The summed E-state index contributed by atoms with van der Waals surface area (Å²) in [5, 5.41) is 4.91. The summed E-state index contributed by atoms with van der Waals surface area (Å²) in [5.74, 6) is 0.454. The first-order chi connectivity index (χ1) is 11.7. The monoisotopic (exact) mass is 320 g/mol. The lowest BCUT2D eigenvalue weighted by Crippen LogP contribution is -2.25. The minimum atomic E-state index is -0.0729. The van der Waals surface area contributed by atoms with E-state index in [4.69, 9.17) is 0 Å². The number of nitrogens with zero attached hydrogens (tertiary/aromatic N) is 3. The van der Waals surface area contributed by atoms with Gasteiger partial charge >= 0.3 is 0 Å². The van der Waals surface area contributed by atoms with E-state index in [0.717, 1.165) is 17.7 Å². The molecule has 3 aromatic rings. The van der Waals surface area contributed by atoms with Crippen LogP contribution in [0.5, 0.6) is 0 Å². The van der Waals surface area contributed by atoms with Gasteiger partial charge < -0.3 is 0 Å². The SMILES string of the molecule is CC/C(C)=N/Nc1nc2ccccc2c(=O)n1Cc1ccccc1. The molecule has 0 unspecified atom stereocenters. The molecule has 5 heteroatoms. The molecule has 0 bridgehead atoms. The number of aromatic nitrogens is 2. The Morgan fingerprint density at radius 2 is 1.83 bits per heavy atom. The fraction of sp³-hybridized carbons (Fsp3) is 0.211. The van der Waals surface area contributed by atoms with Gasteiger partial charge in [0.1, 0.15) is 0 Å². The second-order valence-corrected chi connectivity index (χ2v) is 5.64. The third kappa shape index (κ3) is 3.35. The molecule has 0 aliphatic carbocycles. The maximum Gasteiger partial charge on any atom is 0.263 e. The molecule has 0 radical (unpaired) electrons. The molecule has 1 heterocycles. The average Bonchev–Trinajstić information content (AvgIpc) is 2.63. The van der Waals surface area contributed by atoms with Crippen LogP contribution in [0.4, 0.5) is 5.95 Å². The van der Waals surface area contributed by atoms with Crippen LogP contribution in [0.15, 0.2) is 64.5 Å². The van der Waals surface area contributed by atoms with Gasteiger partial charge in [0.05, 0.1) is 17.4 Å². The first kappa shape index (κ1) is 15.9. The highest BCUT2D eigenvalue weighted by atomic mass is 16.1. The highest BCUT2D eigenvalue weighted by Gasteiger charge is 2.11. The summed E-state index contributed by atoms with van der Waals surface area (Å²) >= 11 is 0. The van der Waals surface area contributed by atoms with Gasteiger partial charge in [-0.25, -0.2) is 10.4 Å². The van der Waals surface area contributed by atoms with Gasteiger partial charge in [0.2, 0.25) is 5.95 Å². The fourth-order valence-electron chi connectivity index (χ4n) is 2.39. The van der Waals surface area contributed by atoms with Gasteiger partial charge in [0.25, 0.3) is 5.56 Å². The summed E-state index contributed by atoms with van der Waals surface area (Å²) < 4.78 is 1.63. The van der Waals surface area contributed by atoms with Crippen LogP contribution in [0.25, 0.3) is 10.9 Å². The van der Waals surface area contributed by atoms with Crippen molar-refractivity contribution in [1.82, 2.24) is 9.55 Å². The van der Waals surface area contributed by atoms with E-state index in [1.807, 2.05) is 62.4 Å². The molecule has 1 N–H and O–H groups in total. The summed E-state index contributed by atoms with van der Waals surface area (Å²) in [6.45, 7) is 4.42. The van der Waals surface area contributed by atoms with Crippen molar-refractivity contribution in [2.75, 3.05) is 5.43 Å². The van der Waals surface area contributed by atoms with Gasteiger partial charge in [-0.05, 0) is 31.0 Å². The zero-order chi connectivity index (χ0) is 16.9. The topological polar surface area (TPSA) is 59.3 Å². The minimum absolute atomic E-state index is 0.0729. The standard InChI is InChI=1S/C19H20N4O/c1-3-14(2)21-22-19-20-17-12-8-7-11-16(17)18(24)23(19)13-15-9-5-4-6-10-15/h4-12H,3,13H2,1-2H3,(H,20,22)/b21-14+. The smallest absolute Gasteiger partial charge is 0.263 e. The quantitative estimate of drug-likeness (QED) is 0.577. The number of anilines is 1. The number of hydrazone groups is 1. The lowest BCUT2D eigenvalue weighted by molar-refractivity contribution is 0.754. The van der Waals surface area contributed by atoms with Crippen molar-refractivity contribution < 1.29 is 0 Å². The molecule has 0 atom stereocenters. The van der Waals surface area contributed by atoms with Crippen molar-refractivity contribution in [1.29, 1.82) is 0 Å². The Labute approximate surface area is 140 Å². The van der Waals surface area contributed by atoms with E-state index < -0.39 is 0 Å². The summed E-state index contributed by atoms with van der Waals surface area (Å²) in [4.78, 5) is 17.5. The molecule has 0 saturated heterocycles. The third-order valence-electron chi connectivity index (χ3n) is 3.90. The zero-order valence-corrected chi connectivity index (χ0v) is 13.9. The van der Waals surface area contributed by atoms with Crippen molar-refractivity contribution in [2.45, 2.75) is 26.8 Å². The second kappa shape index (κ2) is 7.08. The number of fused-ring (bicyclic) bond motifs is 1. The molecular formula is C19H20N4O. The molecule has 0 spiro atoms. The molecule has 122 valence electrons. The Bertz CT molecular complexity index is 929. The third-order valence-corrected chi connectivity index (χ3v) is 3.90. The van der Waals surface area contributed by atoms with Crippen LogP contribution in [0.2, 0.25) is 0 Å². The van der Waals surface area contributed by atoms with Gasteiger partial charge in [-0.15, -0.1) is 0 Å². The Balaban J connectivity index is 2.12. The van der Waals surface area contributed by atoms with Crippen LogP contribution < -0.4 is 11.0 Å². The number of benzene rings is 2. The lowest BCUT2D eigenvalue weighted by atomic mass is 10.2. The fourth-order valence-corrected chi connectivity index (χ4v) is 2.39. The summed E-state index contributed by atoms with van der Waals surface area (Å²) in [7, 11) is 0. The predicted octanol–water partition coefficient (Wildman–Crippen LogP) is 3.64. The number of rotatable bonds is 5. The molecule has 24 heavy (non-hydrogen) atoms. The number of para-hydroxylation sites is 1. The Kier molecular flexibility index (Phi) is 4.70. The molecule has 0 aliphatic rings. The van der Waals surface area contributed by atoms with Crippen LogP contribution >= 0.6 is 0 Å². The van der Waals surface area contributed by atoms with Crippen LogP contribution in [0, 0.1) is 0 Å². The molecule has 0 saturated carbocycles. The Morgan fingerprint density at radius 1 is 1.12 bits per heavy atom. The lowest BCUT2D eigenvalue weighted by Gasteiger charge is -2.13. The summed E-state index contributed by atoms with van der Waals surface area (Å²) in [5.41, 5.74) is 5.54. The van der Waals surface area contributed by atoms with E-state index in [1.54, 1.807) is 10.6 Å². The molecule has 0 amide bonds. The predicted molar refractivity (Wildman–Crippen MR) is 98.6 cm³/mol. The van der Waals surface area contributed by atoms with Crippen molar-refractivity contribution in [3.63, 3.8) is 0 Å². The van der Waals surface area contributed by atoms with Crippen molar-refractivity contribution in [3.8, 4) is 0 Å².